The fourth-order valence-corrected chi connectivity index (χ4v) is 3.26. The van der Waals surface area contributed by atoms with Gasteiger partial charge in [0.1, 0.15) is 11.6 Å². The van der Waals surface area contributed by atoms with Crippen LogP contribution in [0.25, 0.3) is 0 Å². The average Bonchev–Trinajstić information content (AvgIpc) is 2.97. The number of nitrogens with one attached hydrogen (secondary N) is 1. The molecule has 1 aromatic carbocycles. The van der Waals surface area contributed by atoms with Crippen LogP contribution in [-0.4, -0.2) is 52.7 Å². The Hall–Kier alpha value is -1.57. The Morgan fingerprint density at radius 2 is 2.12 bits per heavy atom. The van der Waals surface area contributed by atoms with Crippen LogP contribution in [0.4, 0.5) is 8.78 Å². The minimum atomic E-state index is -0.944. The molecule has 1 saturated heterocycles. The molecule has 2 rings (SSSR count). The molecule has 0 bridgehead atoms. The molecule has 1 aliphatic rings. The molecular weight excluding hydrogens is 340 g/mol. The van der Waals surface area contributed by atoms with E-state index in [1.807, 2.05) is 25.7 Å². The fraction of sp³-hybridized carbons (Fsp3) is 0.632. The number of rotatable bonds is 6. The van der Waals surface area contributed by atoms with Crippen LogP contribution >= 0.6 is 0 Å². The van der Waals surface area contributed by atoms with Gasteiger partial charge in [0.2, 0.25) is 5.91 Å². The third-order valence-electron chi connectivity index (χ3n) is 4.54. The van der Waals surface area contributed by atoms with E-state index in [-0.39, 0.29) is 36.0 Å². The van der Waals surface area contributed by atoms with Crippen LogP contribution in [0.3, 0.4) is 0 Å². The molecule has 1 aromatic rings. The highest BCUT2D eigenvalue weighted by atomic mass is 19.1. The van der Waals surface area contributed by atoms with Gasteiger partial charge in [-0.1, -0.05) is 0 Å². The van der Waals surface area contributed by atoms with Crippen LogP contribution in [0.1, 0.15) is 39.2 Å². The minimum absolute atomic E-state index is 0.0253. The summed E-state index contributed by atoms with van der Waals surface area (Å²) in [5.74, 6) is -1.15. The largest absolute Gasteiger partial charge is 0.390 e. The van der Waals surface area contributed by atoms with Gasteiger partial charge in [0.15, 0.2) is 0 Å². The van der Waals surface area contributed by atoms with Crippen molar-refractivity contribution in [2.45, 2.75) is 63.8 Å². The van der Waals surface area contributed by atoms with E-state index >= 15 is 0 Å². The highest BCUT2D eigenvalue weighted by molar-refractivity contribution is 5.82. The van der Waals surface area contributed by atoms with E-state index in [0.29, 0.717) is 6.54 Å². The summed E-state index contributed by atoms with van der Waals surface area (Å²) in [5.41, 5.74) is 5.82. The Kier molecular flexibility index (Phi) is 6.71. The molecular formula is C19H29F2N3O2. The molecule has 1 heterocycles. The van der Waals surface area contributed by atoms with Gasteiger partial charge in [-0.05, 0) is 70.3 Å². The first-order chi connectivity index (χ1) is 12.1. The maximum atomic E-state index is 13.8. The van der Waals surface area contributed by atoms with Gasteiger partial charge in [-0.15, -0.1) is 0 Å². The first-order valence-corrected chi connectivity index (χ1v) is 9.00. The van der Waals surface area contributed by atoms with Gasteiger partial charge in [-0.25, -0.2) is 8.78 Å². The van der Waals surface area contributed by atoms with Crippen LogP contribution in [0, 0.1) is 11.6 Å². The van der Waals surface area contributed by atoms with Crippen LogP contribution in [0.15, 0.2) is 18.2 Å². The fourth-order valence-electron chi connectivity index (χ4n) is 3.26. The Morgan fingerprint density at radius 3 is 2.77 bits per heavy atom. The second-order valence-corrected chi connectivity index (χ2v) is 8.06. The number of nitrogens with zero attached hydrogens (tertiary/aromatic N) is 1. The number of likely N-dealkylation sites (tertiary alicyclic amines) is 1. The van der Waals surface area contributed by atoms with Crippen molar-refractivity contribution in [3.05, 3.63) is 35.4 Å². The molecule has 1 amide bonds. The average molecular weight is 369 g/mol. The lowest BCUT2D eigenvalue weighted by Gasteiger charge is -2.31. The number of hydrogen-bond donors (Lipinski definition) is 3. The Bertz CT molecular complexity index is 634. The van der Waals surface area contributed by atoms with E-state index in [1.165, 1.54) is 0 Å². The number of benzene rings is 1. The Balaban J connectivity index is 1.95. The number of hydrogen-bond acceptors (Lipinski definition) is 4. The van der Waals surface area contributed by atoms with Crippen molar-refractivity contribution in [1.82, 2.24) is 10.2 Å². The third kappa shape index (κ3) is 5.72. The lowest BCUT2D eigenvalue weighted by molar-refractivity contribution is -0.127. The summed E-state index contributed by atoms with van der Waals surface area (Å²) in [6.07, 6.45) is 0.670. The topological polar surface area (TPSA) is 78.6 Å². The van der Waals surface area contributed by atoms with Crippen molar-refractivity contribution in [2.75, 3.05) is 13.1 Å². The number of aliphatic hydroxyl groups is 1. The summed E-state index contributed by atoms with van der Waals surface area (Å²) in [6.45, 7) is 6.67. The number of nitrogens with two attached hydrogens (primary N) is 1. The Morgan fingerprint density at radius 1 is 1.42 bits per heavy atom. The van der Waals surface area contributed by atoms with E-state index in [4.69, 9.17) is 5.73 Å². The molecule has 0 aliphatic carbocycles. The number of aliphatic hydroxyl groups excluding tert-OH is 1. The van der Waals surface area contributed by atoms with E-state index in [1.54, 1.807) is 0 Å². The molecule has 0 spiro atoms. The molecule has 0 saturated carbocycles. The predicted molar refractivity (Wildman–Crippen MR) is 96.5 cm³/mol. The molecule has 0 aromatic heterocycles. The van der Waals surface area contributed by atoms with Gasteiger partial charge in [0.05, 0.1) is 12.1 Å². The van der Waals surface area contributed by atoms with Gasteiger partial charge < -0.3 is 16.2 Å². The number of halogens is 2. The van der Waals surface area contributed by atoms with Gasteiger partial charge in [-0.2, -0.15) is 0 Å². The smallest absolute Gasteiger partial charge is 0.237 e. The zero-order valence-corrected chi connectivity index (χ0v) is 15.6. The van der Waals surface area contributed by atoms with Gasteiger partial charge in [0, 0.05) is 18.1 Å². The molecule has 5 nitrogen and oxygen atoms in total. The molecule has 1 fully saturated rings. The summed E-state index contributed by atoms with van der Waals surface area (Å²) >= 11 is 0. The SMILES string of the molecule is CC(C)(C)NC(=O)[C@@H]1CCCN1C[C@H](O)[C@H](N)Cc1cc(F)ccc1F. The van der Waals surface area contributed by atoms with E-state index < -0.39 is 23.8 Å². The quantitative estimate of drug-likeness (QED) is 0.711. The van der Waals surface area contributed by atoms with Gasteiger partial charge in [-0.3, -0.25) is 9.69 Å². The zero-order chi connectivity index (χ0) is 19.5. The standard InChI is InChI=1S/C19H29F2N3O2/c1-19(2,3)23-18(26)16-5-4-8-24(16)11-17(25)15(22)10-12-9-13(20)6-7-14(12)21/h6-7,9,15-17,25H,4-5,8,10-11,22H2,1-3H3,(H,23,26)/t15-,16+,17+/m1/s1. The van der Waals surface area contributed by atoms with Crippen molar-refractivity contribution in [3.8, 4) is 0 Å². The lowest BCUT2D eigenvalue weighted by Crippen LogP contribution is -2.53. The van der Waals surface area contributed by atoms with Crippen LogP contribution in [0.5, 0.6) is 0 Å². The van der Waals surface area contributed by atoms with Crippen molar-refractivity contribution < 1.29 is 18.7 Å². The second kappa shape index (κ2) is 8.41. The lowest BCUT2D eigenvalue weighted by atomic mass is 10.0. The normalized spacial score (nSPS) is 20.8. The second-order valence-electron chi connectivity index (χ2n) is 8.06. The van der Waals surface area contributed by atoms with Crippen molar-refractivity contribution in [1.29, 1.82) is 0 Å². The first-order valence-electron chi connectivity index (χ1n) is 9.00. The summed E-state index contributed by atoms with van der Waals surface area (Å²) < 4.78 is 27.0. The molecule has 146 valence electrons. The number of amides is 1. The third-order valence-corrected chi connectivity index (χ3v) is 4.54. The van der Waals surface area contributed by atoms with Gasteiger partial charge in [0.25, 0.3) is 0 Å². The highest BCUT2D eigenvalue weighted by Gasteiger charge is 2.34. The van der Waals surface area contributed by atoms with Crippen molar-refractivity contribution in [2.24, 2.45) is 5.73 Å². The predicted octanol–water partition coefficient (Wildman–Crippen LogP) is 1.57. The Labute approximate surface area is 153 Å². The molecule has 0 radical (unpaired) electrons. The number of carbonyl (C=O) groups excluding carboxylic acids is 1. The van der Waals surface area contributed by atoms with E-state index in [9.17, 15) is 18.7 Å². The molecule has 7 heteroatoms. The van der Waals surface area contributed by atoms with Crippen molar-refractivity contribution in [3.63, 3.8) is 0 Å². The number of carbonyl (C=O) groups is 1. The van der Waals surface area contributed by atoms with Crippen molar-refractivity contribution >= 4 is 5.91 Å². The summed E-state index contributed by atoms with van der Waals surface area (Å²) in [5, 5.41) is 13.4. The molecule has 3 atom stereocenters. The maximum Gasteiger partial charge on any atom is 0.237 e. The highest BCUT2D eigenvalue weighted by Crippen LogP contribution is 2.20. The molecule has 4 N–H and O–H groups in total. The summed E-state index contributed by atoms with van der Waals surface area (Å²) in [4.78, 5) is 14.3. The van der Waals surface area contributed by atoms with E-state index in [0.717, 1.165) is 31.0 Å². The van der Waals surface area contributed by atoms with E-state index in [2.05, 4.69) is 5.32 Å². The molecule has 0 unspecified atom stereocenters. The summed E-state index contributed by atoms with van der Waals surface area (Å²) in [6, 6.07) is 2.14. The van der Waals surface area contributed by atoms with Gasteiger partial charge >= 0.3 is 0 Å². The van der Waals surface area contributed by atoms with Crippen LogP contribution in [0.2, 0.25) is 0 Å². The maximum absolute atomic E-state index is 13.8. The molecule has 1 aliphatic heterocycles. The number of β-amino-alcohol motifs (C(OH)–C–C–N with tert-alkyl or cyclic N) is 1. The monoisotopic (exact) mass is 369 g/mol. The van der Waals surface area contributed by atoms with Crippen LogP contribution in [-0.2, 0) is 11.2 Å². The first kappa shape index (κ1) is 20.7. The molecule has 26 heavy (non-hydrogen) atoms. The van der Waals surface area contributed by atoms with Crippen LogP contribution < -0.4 is 11.1 Å². The summed E-state index contributed by atoms with van der Waals surface area (Å²) in [7, 11) is 0. The minimum Gasteiger partial charge on any atom is -0.390 e. The zero-order valence-electron chi connectivity index (χ0n) is 15.6.